The van der Waals surface area contributed by atoms with E-state index < -0.39 is 0 Å². The zero-order chi connectivity index (χ0) is 11.4. The van der Waals surface area contributed by atoms with Gasteiger partial charge in [-0.15, -0.1) is 12.4 Å². The number of nitrogens with one attached hydrogen (secondary N) is 1. The summed E-state index contributed by atoms with van der Waals surface area (Å²) in [5, 5.41) is 4.05. The highest BCUT2D eigenvalue weighted by Crippen LogP contribution is 2.27. The molecular formula is C13H19Cl2NO. The molecule has 1 aromatic carbocycles. The van der Waals surface area contributed by atoms with Crippen molar-refractivity contribution in [3.8, 4) is 5.75 Å². The van der Waals surface area contributed by atoms with E-state index in [2.05, 4.69) is 18.3 Å². The summed E-state index contributed by atoms with van der Waals surface area (Å²) in [6.07, 6.45) is 3.44. The van der Waals surface area contributed by atoms with Gasteiger partial charge in [-0.3, -0.25) is 0 Å². The molecule has 1 aliphatic rings. The number of halogens is 2. The number of piperidine rings is 1. The molecule has 2 nitrogen and oxygen atoms in total. The fourth-order valence-corrected chi connectivity index (χ4v) is 2.20. The normalized spacial score (nSPS) is 16.4. The molecule has 2 rings (SSSR count). The Morgan fingerprint density at radius 3 is 2.65 bits per heavy atom. The largest absolute Gasteiger partial charge is 0.489 e. The first-order valence-electron chi connectivity index (χ1n) is 5.95. The molecule has 1 aromatic rings. The van der Waals surface area contributed by atoms with E-state index in [4.69, 9.17) is 16.3 Å². The summed E-state index contributed by atoms with van der Waals surface area (Å²) < 4.78 is 5.91. The number of hydrogen-bond acceptors (Lipinski definition) is 2. The Balaban J connectivity index is 0.00000144. The van der Waals surface area contributed by atoms with Gasteiger partial charge in [0.25, 0.3) is 0 Å². The van der Waals surface area contributed by atoms with Crippen molar-refractivity contribution in [3.63, 3.8) is 0 Å². The maximum atomic E-state index is 6.19. The summed E-state index contributed by atoms with van der Waals surface area (Å²) in [6.45, 7) is 4.20. The molecule has 0 unspecified atom stereocenters. The Bertz CT molecular complexity index is 351. The van der Waals surface area contributed by atoms with E-state index in [1.54, 1.807) is 0 Å². The van der Waals surface area contributed by atoms with Crippen LogP contribution in [0.5, 0.6) is 5.75 Å². The summed E-state index contributed by atoms with van der Waals surface area (Å²) in [4.78, 5) is 0. The maximum absolute atomic E-state index is 6.19. The highest BCUT2D eigenvalue weighted by Gasteiger charge is 2.15. The molecule has 1 heterocycles. The number of aryl methyl sites for hydroxylation is 1. The zero-order valence-electron chi connectivity index (χ0n) is 10.0. The minimum Gasteiger partial charge on any atom is -0.489 e. The molecule has 1 fully saturated rings. The Morgan fingerprint density at radius 1 is 1.35 bits per heavy atom. The summed E-state index contributed by atoms with van der Waals surface area (Å²) >= 11 is 6.19. The molecule has 96 valence electrons. The van der Waals surface area contributed by atoms with Gasteiger partial charge in [-0.1, -0.05) is 24.6 Å². The van der Waals surface area contributed by atoms with Crippen LogP contribution in [0.25, 0.3) is 0 Å². The van der Waals surface area contributed by atoms with E-state index in [1.165, 1.54) is 5.56 Å². The average Bonchev–Trinajstić information content (AvgIpc) is 2.33. The van der Waals surface area contributed by atoms with Crippen LogP contribution in [0.3, 0.4) is 0 Å². The molecule has 0 amide bonds. The second-order valence-electron chi connectivity index (χ2n) is 4.19. The van der Waals surface area contributed by atoms with Gasteiger partial charge < -0.3 is 10.1 Å². The Kier molecular flexibility index (Phi) is 6.10. The quantitative estimate of drug-likeness (QED) is 0.913. The lowest BCUT2D eigenvalue weighted by Gasteiger charge is -2.24. The Hall–Kier alpha value is -0.440. The van der Waals surface area contributed by atoms with Crippen molar-refractivity contribution >= 4 is 24.0 Å². The van der Waals surface area contributed by atoms with Crippen LogP contribution in [-0.2, 0) is 6.42 Å². The van der Waals surface area contributed by atoms with E-state index in [1.807, 2.05) is 12.1 Å². The molecule has 0 atom stereocenters. The topological polar surface area (TPSA) is 21.3 Å². The standard InChI is InChI=1S/C13H18ClNO.ClH/c1-2-10-3-4-13(12(14)9-10)16-11-5-7-15-8-6-11;/h3-4,9,11,15H,2,5-8H2,1H3;1H. The highest BCUT2D eigenvalue weighted by atomic mass is 35.5. The monoisotopic (exact) mass is 275 g/mol. The zero-order valence-corrected chi connectivity index (χ0v) is 11.6. The van der Waals surface area contributed by atoms with Crippen molar-refractivity contribution in [2.24, 2.45) is 0 Å². The van der Waals surface area contributed by atoms with Gasteiger partial charge >= 0.3 is 0 Å². The number of ether oxygens (including phenoxy) is 1. The summed E-state index contributed by atoms with van der Waals surface area (Å²) in [5.74, 6) is 0.825. The van der Waals surface area contributed by atoms with Gasteiger partial charge in [0.1, 0.15) is 11.9 Å². The molecule has 1 saturated heterocycles. The van der Waals surface area contributed by atoms with Crippen LogP contribution in [0.2, 0.25) is 5.02 Å². The molecular weight excluding hydrogens is 257 g/mol. The minimum absolute atomic E-state index is 0. The van der Waals surface area contributed by atoms with E-state index in [9.17, 15) is 0 Å². The van der Waals surface area contributed by atoms with E-state index in [0.717, 1.165) is 43.1 Å². The summed E-state index contributed by atoms with van der Waals surface area (Å²) in [7, 11) is 0. The maximum Gasteiger partial charge on any atom is 0.138 e. The Labute approximate surface area is 114 Å². The van der Waals surface area contributed by atoms with Crippen molar-refractivity contribution in [2.75, 3.05) is 13.1 Å². The second kappa shape index (κ2) is 7.10. The lowest BCUT2D eigenvalue weighted by Crippen LogP contribution is -2.34. The van der Waals surface area contributed by atoms with Gasteiger partial charge in [0, 0.05) is 0 Å². The summed E-state index contributed by atoms with van der Waals surface area (Å²) in [6, 6.07) is 6.07. The van der Waals surface area contributed by atoms with Gasteiger partial charge in [-0.25, -0.2) is 0 Å². The van der Waals surface area contributed by atoms with Crippen LogP contribution in [0, 0.1) is 0 Å². The molecule has 0 spiro atoms. The van der Waals surface area contributed by atoms with Crippen LogP contribution < -0.4 is 10.1 Å². The first kappa shape index (κ1) is 14.6. The minimum atomic E-state index is 0. The second-order valence-corrected chi connectivity index (χ2v) is 4.59. The van der Waals surface area contributed by atoms with Crippen LogP contribution in [-0.4, -0.2) is 19.2 Å². The van der Waals surface area contributed by atoms with Gasteiger partial charge in [0.15, 0.2) is 0 Å². The fraction of sp³-hybridized carbons (Fsp3) is 0.538. The SMILES string of the molecule is CCc1ccc(OC2CCNCC2)c(Cl)c1.Cl. The molecule has 4 heteroatoms. The van der Waals surface area contributed by atoms with Crippen molar-refractivity contribution in [1.82, 2.24) is 5.32 Å². The lowest BCUT2D eigenvalue weighted by atomic mass is 10.1. The third kappa shape index (κ3) is 4.06. The average molecular weight is 276 g/mol. The van der Waals surface area contributed by atoms with E-state index in [-0.39, 0.29) is 12.4 Å². The van der Waals surface area contributed by atoms with Crippen LogP contribution >= 0.6 is 24.0 Å². The van der Waals surface area contributed by atoms with E-state index in [0.29, 0.717) is 6.10 Å². The van der Waals surface area contributed by atoms with Gasteiger partial charge in [0.05, 0.1) is 5.02 Å². The predicted octanol–water partition coefficient (Wildman–Crippen LogP) is 3.46. The molecule has 0 aliphatic carbocycles. The number of rotatable bonds is 3. The molecule has 17 heavy (non-hydrogen) atoms. The van der Waals surface area contributed by atoms with Crippen molar-refractivity contribution in [2.45, 2.75) is 32.3 Å². The van der Waals surface area contributed by atoms with Crippen molar-refractivity contribution in [3.05, 3.63) is 28.8 Å². The molecule has 1 aliphatic heterocycles. The van der Waals surface area contributed by atoms with Gasteiger partial charge in [0.2, 0.25) is 0 Å². The third-order valence-electron chi connectivity index (χ3n) is 2.98. The lowest BCUT2D eigenvalue weighted by molar-refractivity contribution is 0.162. The summed E-state index contributed by atoms with van der Waals surface area (Å²) in [5.41, 5.74) is 1.25. The molecule has 0 bridgehead atoms. The van der Waals surface area contributed by atoms with Crippen LogP contribution in [0.4, 0.5) is 0 Å². The highest BCUT2D eigenvalue weighted by molar-refractivity contribution is 6.32. The number of benzene rings is 1. The number of hydrogen-bond donors (Lipinski definition) is 1. The van der Waals surface area contributed by atoms with Gasteiger partial charge in [-0.2, -0.15) is 0 Å². The third-order valence-corrected chi connectivity index (χ3v) is 3.28. The van der Waals surface area contributed by atoms with Crippen LogP contribution in [0.15, 0.2) is 18.2 Å². The smallest absolute Gasteiger partial charge is 0.138 e. The fourth-order valence-electron chi connectivity index (χ4n) is 1.95. The predicted molar refractivity (Wildman–Crippen MR) is 74.6 cm³/mol. The van der Waals surface area contributed by atoms with Crippen molar-refractivity contribution < 1.29 is 4.74 Å². The molecule has 1 N–H and O–H groups in total. The van der Waals surface area contributed by atoms with Crippen molar-refractivity contribution in [1.29, 1.82) is 0 Å². The van der Waals surface area contributed by atoms with Gasteiger partial charge in [-0.05, 0) is 50.0 Å². The molecule has 0 saturated carbocycles. The van der Waals surface area contributed by atoms with Crippen LogP contribution in [0.1, 0.15) is 25.3 Å². The molecule has 0 aromatic heterocycles. The first-order valence-corrected chi connectivity index (χ1v) is 6.33. The first-order chi connectivity index (χ1) is 7.79. The molecule has 0 radical (unpaired) electrons. The Morgan fingerprint density at radius 2 is 2.06 bits per heavy atom. The van der Waals surface area contributed by atoms with E-state index >= 15 is 0 Å².